The van der Waals surface area contributed by atoms with Gasteiger partial charge in [-0.15, -0.1) is 0 Å². The number of anilines is 1. The highest BCUT2D eigenvalue weighted by Crippen LogP contribution is 2.49. The second kappa shape index (κ2) is 6.80. The molecule has 0 spiro atoms. The van der Waals surface area contributed by atoms with Crippen LogP contribution in [-0.4, -0.2) is 45.2 Å². The largest absolute Gasteiger partial charge is 0.481 e. The fourth-order valence-electron chi connectivity index (χ4n) is 4.26. The van der Waals surface area contributed by atoms with E-state index in [-0.39, 0.29) is 12.1 Å². The Kier molecular flexibility index (Phi) is 4.21. The molecule has 3 aliphatic rings. The first-order valence-electron chi connectivity index (χ1n) is 10.0. The molecule has 2 heterocycles. The Labute approximate surface area is 176 Å². The first kappa shape index (κ1) is 18.6. The molecule has 2 aromatic rings. The molecule has 5 heteroatoms. The lowest BCUT2D eigenvalue weighted by Gasteiger charge is -2.34. The van der Waals surface area contributed by atoms with Crippen LogP contribution in [0.2, 0.25) is 0 Å². The van der Waals surface area contributed by atoms with Crippen LogP contribution in [0, 0.1) is 0 Å². The van der Waals surface area contributed by atoms with Crippen LogP contribution in [-0.2, 0) is 4.74 Å². The minimum absolute atomic E-state index is 0.237. The molecular weight excluding hydrogens is 376 g/mol. The molecule has 2 unspecified atom stereocenters. The number of esters is 1. The second-order valence-corrected chi connectivity index (χ2v) is 8.17. The van der Waals surface area contributed by atoms with Crippen molar-refractivity contribution in [3.63, 3.8) is 0 Å². The Balaban J connectivity index is 1.71. The summed E-state index contributed by atoms with van der Waals surface area (Å²) in [7, 11) is 8.05. The number of ether oxygens (including phenoxy) is 2. The molecule has 2 aliphatic heterocycles. The van der Waals surface area contributed by atoms with Crippen LogP contribution in [0.4, 0.5) is 5.69 Å². The highest BCUT2D eigenvalue weighted by molar-refractivity contribution is 5.98. The van der Waals surface area contributed by atoms with E-state index >= 15 is 0 Å². The van der Waals surface area contributed by atoms with Crippen LogP contribution in [0.3, 0.4) is 0 Å². The summed E-state index contributed by atoms with van der Waals surface area (Å²) >= 11 is 0. The molecule has 2 atom stereocenters. The summed E-state index contributed by atoms with van der Waals surface area (Å²) in [5.41, 5.74) is 6.67. The second-order valence-electron chi connectivity index (χ2n) is 8.17. The summed E-state index contributed by atoms with van der Waals surface area (Å²) in [6, 6.07) is 13.8. The average Bonchev–Trinajstić information content (AvgIpc) is 3.07. The number of carbonyl (C=O) groups excluding carboxylic acids is 1. The number of cyclic esters (lactones) is 1. The Bertz CT molecular complexity index is 1140. The molecule has 30 heavy (non-hydrogen) atoms. The third-order valence-corrected chi connectivity index (χ3v) is 5.87. The van der Waals surface area contributed by atoms with Gasteiger partial charge in [0, 0.05) is 67.9 Å². The SMILES string of the molecule is CN(C)C1=CC2Oc3cc(N(C)C)ccc3C(C3OC(=O)c4ccccc43)=C2C=C1. The van der Waals surface area contributed by atoms with Crippen molar-refractivity contribution in [1.29, 1.82) is 0 Å². The molecule has 5 nitrogen and oxygen atoms in total. The highest BCUT2D eigenvalue weighted by Gasteiger charge is 2.40. The molecular formula is C25H24N2O3. The summed E-state index contributed by atoms with van der Waals surface area (Å²) in [6.07, 6.45) is 5.60. The van der Waals surface area contributed by atoms with Crippen molar-refractivity contribution < 1.29 is 14.3 Å². The lowest BCUT2D eigenvalue weighted by molar-refractivity contribution is 0.0478. The van der Waals surface area contributed by atoms with Gasteiger partial charge in [0.15, 0.2) is 6.10 Å². The third-order valence-electron chi connectivity index (χ3n) is 5.87. The Hall–Kier alpha value is -3.47. The summed E-state index contributed by atoms with van der Waals surface area (Å²) in [5.74, 6) is 0.526. The van der Waals surface area contributed by atoms with Gasteiger partial charge in [-0.05, 0) is 30.4 Å². The van der Waals surface area contributed by atoms with Gasteiger partial charge in [-0.2, -0.15) is 0 Å². The van der Waals surface area contributed by atoms with Gasteiger partial charge in [-0.3, -0.25) is 0 Å². The summed E-state index contributed by atoms with van der Waals surface area (Å²) < 4.78 is 12.3. The zero-order chi connectivity index (χ0) is 21.0. The monoisotopic (exact) mass is 400 g/mol. The number of hydrogen-bond donors (Lipinski definition) is 0. The van der Waals surface area contributed by atoms with Gasteiger partial charge in [-0.1, -0.05) is 24.3 Å². The van der Waals surface area contributed by atoms with Crippen LogP contribution in [0.1, 0.15) is 27.6 Å². The quantitative estimate of drug-likeness (QED) is 0.723. The predicted molar refractivity (Wildman–Crippen MR) is 118 cm³/mol. The highest BCUT2D eigenvalue weighted by atomic mass is 16.5. The van der Waals surface area contributed by atoms with Gasteiger partial charge in [0.2, 0.25) is 0 Å². The van der Waals surface area contributed by atoms with Crippen LogP contribution >= 0.6 is 0 Å². The van der Waals surface area contributed by atoms with E-state index in [1.54, 1.807) is 0 Å². The maximum absolute atomic E-state index is 12.6. The van der Waals surface area contributed by atoms with Gasteiger partial charge in [0.1, 0.15) is 11.9 Å². The topological polar surface area (TPSA) is 42.0 Å². The molecule has 0 saturated heterocycles. The third kappa shape index (κ3) is 2.81. The number of hydrogen-bond acceptors (Lipinski definition) is 5. The van der Waals surface area contributed by atoms with Crippen LogP contribution in [0.5, 0.6) is 5.75 Å². The van der Waals surface area contributed by atoms with E-state index in [1.165, 1.54) is 0 Å². The lowest BCUT2D eigenvalue weighted by Crippen LogP contribution is -2.28. The standard InChI is InChI=1S/C25H24N2O3/c1-26(2)15-9-11-19-21(13-15)29-22-14-16(27(3)4)10-12-20(22)23(19)24-17-7-5-6-8-18(17)25(28)30-24/h5-14,21,24H,1-4H3. The van der Waals surface area contributed by atoms with E-state index in [2.05, 4.69) is 46.2 Å². The number of benzene rings is 2. The first-order chi connectivity index (χ1) is 14.4. The number of rotatable bonds is 3. The molecule has 0 fully saturated rings. The number of allylic oxidation sites excluding steroid dienone is 1. The lowest BCUT2D eigenvalue weighted by atomic mass is 9.84. The Morgan fingerprint density at radius 2 is 1.67 bits per heavy atom. The fourth-order valence-corrected chi connectivity index (χ4v) is 4.26. The first-order valence-corrected chi connectivity index (χ1v) is 10.0. The minimum atomic E-state index is -0.446. The van der Waals surface area contributed by atoms with Gasteiger partial charge in [0.25, 0.3) is 0 Å². The summed E-state index contributed by atoms with van der Waals surface area (Å²) in [5, 5.41) is 0. The van der Waals surface area contributed by atoms with Crippen LogP contribution in [0.15, 0.2) is 72.0 Å². The zero-order valence-electron chi connectivity index (χ0n) is 17.5. The van der Waals surface area contributed by atoms with E-state index < -0.39 is 6.10 Å². The van der Waals surface area contributed by atoms with E-state index in [1.807, 2.05) is 52.5 Å². The van der Waals surface area contributed by atoms with Gasteiger partial charge >= 0.3 is 5.97 Å². The minimum Gasteiger partial charge on any atom is -0.481 e. The Morgan fingerprint density at radius 3 is 2.43 bits per heavy atom. The smallest absolute Gasteiger partial charge is 0.339 e. The van der Waals surface area contributed by atoms with Crippen molar-refractivity contribution in [2.75, 3.05) is 33.1 Å². The van der Waals surface area contributed by atoms with E-state index in [4.69, 9.17) is 9.47 Å². The maximum atomic E-state index is 12.6. The van der Waals surface area contributed by atoms with Crippen LogP contribution < -0.4 is 9.64 Å². The molecule has 0 amide bonds. The number of nitrogens with zero attached hydrogens (tertiary/aromatic N) is 2. The van der Waals surface area contributed by atoms with E-state index in [0.717, 1.165) is 39.4 Å². The van der Waals surface area contributed by atoms with Crippen LogP contribution in [0.25, 0.3) is 5.57 Å². The maximum Gasteiger partial charge on any atom is 0.339 e. The Morgan fingerprint density at radius 1 is 0.867 bits per heavy atom. The summed E-state index contributed by atoms with van der Waals surface area (Å²) in [6.45, 7) is 0. The molecule has 0 saturated carbocycles. The van der Waals surface area contributed by atoms with Gasteiger partial charge in [-0.25, -0.2) is 4.79 Å². The number of carbonyl (C=O) groups is 1. The average molecular weight is 400 g/mol. The van der Waals surface area contributed by atoms with Crippen molar-refractivity contribution in [3.8, 4) is 5.75 Å². The van der Waals surface area contributed by atoms with Crippen molar-refractivity contribution in [1.82, 2.24) is 4.90 Å². The van der Waals surface area contributed by atoms with E-state index in [9.17, 15) is 4.79 Å². The molecule has 5 rings (SSSR count). The molecule has 0 N–H and O–H groups in total. The predicted octanol–water partition coefficient (Wildman–Crippen LogP) is 4.19. The van der Waals surface area contributed by atoms with Crippen molar-refractivity contribution in [2.24, 2.45) is 0 Å². The molecule has 0 radical (unpaired) electrons. The van der Waals surface area contributed by atoms with Gasteiger partial charge < -0.3 is 19.3 Å². The van der Waals surface area contributed by atoms with Crippen molar-refractivity contribution in [2.45, 2.75) is 12.2 Å². The van der Waals surface area contributed by atoms with E-state index in [0.29, 0.717) is 5.56 Å². The summed E-state index contributed by atoms with van der Waals surface area (Å²) in [4.78, 5) is 16.7. The molecule has 2 aromatic carbocycles. The molecule has 0 aromatic heterocycles. The number of fused-ring (bicyclic) bond motifs is 3. The molecule has 0 bridgehead atoms. The fraction of sp³-hybridized carbons (Fsp3) is 0.240. The number of likely N-dealkylation sites (N-methyl/N-ethyl adjacent to an activating group) is 1. The van der Waals surface area contributed by atoms with Crippen molar-refractivity contribution >= 4 is 17.2 Å². The molecule has 152 valence electrons. The normalized spacial score (nSPS) is 21.2. The van der Waals surface area contributed by atoms with Crippen molar-refractivity contribution in [3.05, 3.63) is 88.7 Å². The van der Waals surface area contributed by atoms with Gasteiger partial charge in [0.05, 0.1) is 5.56 Å². The zero-order valence-corrected chi connectivity index (χ0v) is 17.5. The molecule has 1 aliphatic carbocycles.